The summed E-state index contributed by atoms with van der Waals surface area (Å²) in [5.74, 6) is 3.02. The highest BCUT2D eigenvalue weighted by molar-refractivity contribution is 5.84. The molecule has 1 aromatic carbocycles. The van der Waals surface area contributed by atoms with Crippen molar-refractivity contribution < 1.29 is 9.53 Å². The van der Waals surface area contributed by atoms with Gasteiger partial charge in [-0.2, -0.15) is 0 Å². The van der Waals surface area contributed by atoms with Gasteiger partial charge in [-0.1, -0.05) is 42.7 Å². The normalized spacial score (nSPS) is 46.2. The fraction of sp³-hybridized carbons (Fsp3) is 0.696. The van der Waals surface area contributed by atoms with Gasteiger partial charge in [-0.3, -0.25) is 4.79 Å². The molecular formula is C23H29NO2. The summed E-state index contributed by atoms with van der Waals surface area (Å²) in [6.45, 7) is 2.99. The van der Waals surface area contributed by atoms with E-state index in [4.69, 9.17) is 4.74 Å². The molecule has 6 rings (SSSR count). The Kier molecular flexibility index (Phi) is 3.22. The molecule has 0 spiro atoms. The second kappa shape index (κ2) is 5.34. The van der Waals surface area contributed by atoms with Gasteiger partial charge in [0.2, 0.25) is 5.91 Å². The first kappa shape index (κ1) is 15.7. The third kappa shape index (κ3) is 1.81. The van der Waals surface area contributed by atoms with Crippen LogP contribution in [0.1, 0.15) is 56.1 Å². The average Bonchev–Trinajstić information content (AvgIpc) is 3.35. The molecule has 5 fully saturated rings. The van der Waals surface area contributed by atoms with Crippen molar-refractivity contribution >= 4 is 5.91 Å². The number of amides is 1. The second-order valence-corrected chi connectivity index (χ2v) is 9.57. The fourth-order valence-electron chi connectivity index (χ4n) is 7.43. The summed E-state index contributed by atoms with van der Waals surface area (Å²) in [4.78, 5) is 16.0. The maximum absolute atomic E-state index is 13.7. The maximum Gasteiger partial charge on any atom is 0.228 e. The number of nitrogens with zero attached hydrogens (tertiary/aromatic N) is 1. The standard InChI is InChI=1S/C23H29NO2/c1-14-6-10-17(11-7-14)23-20-5-3-2-4-18(20)22(25)24(23)21-16-9-8-15(12-16)19(21)13-26-23/h6-7,10-11,15-16,18-21H,2-5,8-9,12-13H2,1H3/t15-,16+,18+,19+,20+,21-,23-/m0/s1. The molecule has 0 aromatic heterocycles. The Morgan fingerprint density at radius 3 is 2.65 bits per heavy atom. The summed E-state index contributed by atoms with van der Waals surface area (Å²) in [5.41, 5.74) is 2.02. The van der Waals surface area contributed by atoms with Gasteiger partial charge in [-0.25, -0.2) is 0 Å². The number of rotatable bonds is 1. The quantitative estimate of drug-likeness (QED) is 0.757. The highest BCUT2D eigenvalue weighted by Crippen LogP contribution is 2.62. The molecule has 3 nitrogen and oxygen atoms in total. The molecule has 0 N–H and O–H groups in total. The first-order chi connectivity index (χ1) is 12.7. The van der Waals surface area contributed by atoms with Crippen molar-refractivity contribution in [3.63, 3.8) is 0 Å². The number of aryl methyl sites for hydroxylation is 1. The van der Waals surface area contributed by atoms with Crippen LogP contribution in [0.5, 0.6) is 0 Å². The van der Waals surface area contributed by atoms with Gasteiger partial charge in [0.1, 0.15) is 0 Å². The minimum Gasteiger partial charge on any atom is -0.350 e. The molecule has 3 saturated carbocycles. The van der Waals surface area contributed by atoms with Crippen LogP contribution in [0.2, 0.25) is 0 Å². The number of benzene rings is 1. The zero-order valence-electron chi connectivity index (χ0n) is 15.7. The molecule has 3 heteroatoms. The molecule has 1 amide bonds. The minimum atomic E-state index is -0.485. The molecule has 0 unspecified atom stereocenters. The predicted octanol–water partition coefficient (Wildman–Crippen LogP) is 4.24. The third-order valence-electron chi connectivity index (χ3n) is 8.48. The van der Waals surface area contributed by atoms with Crippen LogP contribution in [0.3, 0.4) is 0 Å². The van der Waals surface area contributed by atoms with E-state index in [1.807, 2.05) is 0 Å². The van der Waals surface area contributed by atoms with Gasteiger partial charge >= 0.3 is 0 Å². The number of carbonyl (C=O) groups is 1. The second-order valence-electron chi connectivity index (χ2n) is 9.57. The lowest BCUT2D eigenvalue weighted by atomic mass is 9.73. The molecule has 1 aromatic rings. The molecule has 2 heterocycles. The molecular weight excluding hydrogens is 322 g/mol. The van der Waals surface area contributed by atoms with E-state index in [-0.39, 0.29) is 5.92 Å². The smallest absolute Gasteiger partial charge is 0.228 e. The average molecular weight is 351 g/mol. The molecule has 7 atom stereocenters. The van der Waals surface area contributed by atoms with E-state index in [9.17, 15) is 4.79 Å². The summed E-state index contributed by atoms with van der Waals surface area (Å²) in [7, 11) is 0. The fourth-order valence-corrected chi connectivity index (χ4v) is 7.43. The first-order valence-corrected chi connectivity index (χ1v) is 10.7. The molecule has 2 bridgehead atoms. The van der Waals surface area contributed by atoms with Crippen LogP contribution in [-0.2, 0) is 15.3 Å². The van der Waals surface area contributed by atoms with Gasteiger partial charge in [-0.15, -0.1) is 0 Å². The zero-order chi connectivity index (χ0) is 17.5. The Morgan fingerprint density at radius 1 is 1.04 bits per heavy atom. The summed E-state index contributed by atoms with van der Waals surface area (Å²) in [5, 5.41) is 0. The summed E-state index contributed by atoms with van der Waals surface area (Å²) >= 11 is 0. The largest absolute Gasteiger partial charge is 0.350 e. The number of carbonyl (C=O) groups excluding carboxylic acids is 1. The van der Waals surface area contributed by atoms with E-state index in [2.05, 4.69) is 36.1 Å². The van der Waals surface area contributed by atoms with E-state index in [0.717, 1.165) is 25.4 Å². The zero-order valence-corrected chi connectivity index (χ0v) is 15.7. The van der Waals surface area contributed by atoms with Crippen LogP contribution >= 0.6 is 0 Å². The molecule has 5 aliphatic rings. The van der Waals surface area contributed by atoms with Gasteiger partial charge in [-0.05, 0) is 50.9 Å². The van der Waals surface area contributed by atoms with Gasteiger partial charge in [0.05, 0.1) is 6.61 Å². The number of hydrogen-bond acceptors (Lipinski definition) is 2. The number of hydrogen-bond donors (Lipinski definition) is 0. The monoisotopic (exact) mass is 351 g/mol. The van der Waals surface area contributed by atoms with Gasteiger partial charge in [0.25, 0.3) is 0 Å². The highest BCUT2D eigenvalue weighted by atomic mass is 16.5. The SMILES string of the molecule is Cc1ccc([C@@]23OC[C@@H]4[C@H]5CC[C@H](C5)[C@@H]4N2C(=O)[C@@H]2CCCC[C@H]23)cc1. The van der Waals surface area contributed by atoms with E-state index >= 15 is 0 Å². The predicted molar refractivity (Wildman–Crippen MR) is 99.2 cm³/mol. The molecule has 3 aliphatic carbocycles. The Hall–Kier alpha value is -1.35. The lowest BCUT2D eigenvalue weighted by Crippen LogP contribution is -2.62. The molecule has 0 radical (unpaired) electrons. The van der Waals surface area contributed by atoms with Gasteiger partial charge in [0.15, 0.2) is 5.72 Å². The van der Waals surface area contributed by atoms with Crippen LogP contribution in [-0.4, -0.2) is 23.5 Å². The van der Waals surface area contributed by atoms with Crippen molar-refractivity contribution in [2.75, 3.05) is 6.61 Å². The van der Waals surface area contributed by atoms with Crippen LogP contribution in [0.4, 0.5) is 0 Å². The van der Waals surface area contributed by atoms with Crippen molar-refractivity contribution in [2.45, 2.75) is 63.6 Å². The summed E-state index contributed by atoms with van der Waals surface area (Å²) in [6.07, 6.45) is 8.61. The molecule has 2 saturated heterocycles. The summed E-state index contributed by atoms with van der Waals surface area (Å²) in [6, 6.07) is 9.29. The number of ether oxygens (including phenoxy) is 1. The van der Waals surface area contributed by atoms with Gasteiger partial charge < -0.3 is 9.64 Å². The minimum absolute atomic E-state index is 0.183. The van der Waals surface area contributed by atoms with Crippen LogP contribution in [0.15, 0.2) is 24.3 Å². The van der Waals surface area contributed by atoms with E-state index in [1.165, 1.54) is 43.2 Å². The van der Waals surface area contributed by atoms with E-state index < -0.39 is 5.72 Å². The first-order valence-electron chi connectivity index (χ1n) is 10.7. The molecule has 26 heavy (non-hydrogen) atoms. The summed E-state index contributed by atoms with van der Waals surface area (Å²) < 4.78 is 6.83. The highest BCUT2D eigenvalue weighted by Gasteiger charge is 2.68. The maximum atomic E-state index is 13.7. The lowest BCUT2D eigenvalue weighted by molar-refractivity contribution is -0.242. The van der Waals surface area contributed by atoms with Crippen molar-refractivity contribution in [3.8, 4) is 0 Å². The number of fused-ring (bicyclic) bond motifs is 9. The Morgan fingerprint density at radius 2 is 1.81 bits per heavy atom. The lowest BCUT2D eigenvalue weighted by Gasteiger charge is -2.54. The van der Waals surface area contributed by atoms with Crippen LogP contribution in [0.25, 0.3) is 0 Å². The van der Waals surface area contributed by atoms with Crippen molar-refractivity contribution in [1.29, 1.82) is 0 Å². The Balaban J connectivity index is 1.52. The van der Waals surface area contributed by atoms with Crippen LogP contribution < -0.4 is 0 Å². The Bertz CT molecular complexity index is 743. The Labute approximate surface area is 156 Å². The van der Waals surface area contributed by atoms with Crippen molar-refractivity contribution in [1.82, 2.24) is 4.90 Å². The van der Waals surface area contributed by atoms with E-state index in [0.29, 0.717) is 29.7 Å². The van der Waals surface area contributed by atoms with E-state index in [1.54, 1.807) is 0 Å². The topological polar surface area (TPSA) is 29.5 Å². The molecule has 138 valence electrons. The van der Waals surface area contributed by atoms with Crippen LogP contribution in [0, 0.1) is 36.5 Å². The molecule has 2 aliphatic heterocycles. The van der Waals surface area contributed by atoms with Gasteiger partial charge in [0, 0.05) is 29.4 Å². The third-order valence-corrected chi connectivity index (χ3v) is 8.48. The van der Waals surface area contributed by atoms with Crippen molar-refractivity contribution in [3.05, 3.63) is 35.4 Å². The van der Waals surface area contributed by atoms with Crippen molar-refractivity contribution in [2.24, 2.45) is 29.6 Å².